The van der Waals surface area contributed by atoms with Crippen molar-refractivity contribution in [2.45, 2.75) is 6.92 Å². The number of hydrogen-bond donors (Lipinski definition) is 1. The first-order chi connectivity index (χ1) is 11.9. The minimum atomic E-state index is -1.16. The third-order valence-corrected chi connectivity index (χ3v) is 4.65. The highest BCUT2D eigenvalue weighted by atomic mass is 127. The van der Waals surface area contributed by atoms with Crippen molar-refractivity contribution < 1.29 is 14.7 Å². The number of carboxylic acids is 1. The maximum Gasteiger partial charge on any atom is 0.337 e. The van der Waals surface area contributed by atoms with Crippen LogP contribution in [0, 0.1) is 3.57 Å². The number of carboxylic acid groups (broad SMARTS) is 1. The van der Waals surface area contributed by atoms with Gasteiger partial charge in [0.2, 0.25) is 0 Å². The normalized spacial score (nSPS) is 15.6. The van der Waals surface area contributed by atoms with Crippen molar-refractivity contribution in [1.82, 2.24) is 0 Å². The van der Waals surface area contributed by atoms with Crippen LogP contribution in [0.15, 0.2) is 53.1 Å². The highest BCUT2D eigenvalue weighted by molar-refractivity contribution is 14.1. The second-order valence-corrected chi connectivity index (χ2v) is 7.04. The van der Waals surface area contributed by atoms with Crippen molar-refractivity contribution in [1.29, 1.82) is 0 Å². The summed E-state index contributed by atoms with van der Waals surface area (Å²) in [6, 6.07) is 12.1. The van der Waals surface area contributed by atoms with E-state index in [0.717, 1.165) is 9.13 Å². The summed E-state index contributed by atoms with van der Waals surface area (Å²) < 4.78 is 1.06. The number of hydrogen-bond acceptors (Lipinski definition) is 3. The summed E-state index contributed by atoms with van der Waals surface area (Å²) in [5.74, 6) is -1.47. The molecule has 1 heterocycles. The molecule has 0 spiro atoms. The van der Waals surface area contributed by atoms with Gasteiger partial charge in [-0.1, -0.05) is 23.7 Å². The molecule has 0 fully saturated rings. The Kier molecular flexibility index (Phi) is 4.91. The van der Waals surface area contributed by atoms with Crippen LogP contribution < -0.4 is 5.01 Å². The summed E-state index contributed by atoms with van der Waals surface area (Å²) in [5.41, 5.74) is 2.21. The van der Waals surface area contributed by atoms with Crippen LogP contribution in [0.25, 0.3) is 6.08 Å². The smallest absolute Gasteiger partial charge is 0.337 e. The second-order valence-electron chi connectivity index (χ2n) is 5.38. The standard InChI is InChI=1S/C18H12ClIN2O3/c1-10-14(8-11-3-2-4-12(20)7-11)17(23)22(21-10)13-5-6-16(19)15(9-13)18(24)25/h2-9H,1H3,(H,24,25)/b14-8-. The molecule has 0 radical (unpaired) electrons. The molecule has 0 bridgehead atoms. The first kappa shape index (κ1) is 17.6. The Morgan fingerprint density at radius 2 is 2.04 bits per heavy atom. The fraction of sp³-hybridized carbons (Fsp3) is 0.0556. The van der Waals surface area contributed by atoms with Crippen LogP contribution in [0.4, 0.5) is 5.69 Å². The predicted molar refractivity (Wildman–Crippen MR) is 106 cm³/mol. The topological polar surface area (TPSA) is 70.0 Å². The monoisotopic (exact) mass is 466 g/mol. The fourth-order valence-electron chi connectivity index (χ4n) is 2.43. The van der Waals surface area contributed by atoms with Crippen molar-refractivity contribution in [3.8, 4) is 0 Å². The maximum atomic E-state index is 12.7. The molecule has 1 aliphatic rings. The van der Waals surface area contributed by atoms with Crippen molar-refractivity contribution in [2.75, 3.05) is 5.01 Å². The molecule has 0 saturated carbocycles. The molecule has 1 N–H and O–H groups in total. The van der Waals surface area contributed by atoms with E-state index in [2.05, 4.69) is 27.7 Å². The number of anilines is 1. The van der Waals surface area contributed by atoms with Crippen molar-refractivity contribution in [2.24, 2.45) is 5.10 Å². The summed E-state index contributed by atoms with van der Waals surface area (Å²) in [5, 5.41) is 14.8. The lowest BCUT2D eigenvalue weighted by molar-refractivity contribution is -0.114. The summed E-state index contributed by atoms with van der Waals surface area (Å²) in [4.78, 5) is 24.0. The Morgan fingerprint density at radius 3 is 2.72 bits per heavy atom. The lowest BCUT2D eigenvalue weighted by Crippen LogP contribution is -2.21. The first-order valence-electron chi connectivity index (χ1n) is 7.27. The van der Waals surface area contributed by atoms with Gasteiger partial charge in [-0.05, 0) is 71.5 Å². The summed E-state index contributed by atoms with van der Waals surface area (Å²) in [7, 11) is 0. The van der Waals surface area contributed by atoms with E-state index >= 15 is 0 Å². The number of hydrazone groups is 1. The quantitative estimate of drug-likeness (QED) is 0.537. The van der Waals surface area contributed by atoms with Crippen LogP contribution in [0.2, 0.25) is 5.02 Å². The molecule has 7 heteroatoms. The lowest BCUT2D eigenvalue weighted by Gasteiger charge is -2.13. The average molecular weight is 467 g/mol. The fourth-order valence-corrected chi connectivity index (χ4v) is 3.20. The van der Waals surface area contributed by atoms with Gasteiger partial charge < -0.3 is 5.11 Å². The number of carbonyl (C=O) groups is 2. The van der Waals surface area contributed by atoms with Crippen LogP contribution in [0.1, 0.15) is 22.8 Å². The second kappa shape index (κ2) is 6.97. The van der Waals surface area contributed by atoms with Gasteiger partial charge in [-0.2, -0.15) is 10.1 Å². The number of benzene rings is 2. The molecule has 0 unspecified atom stereocenters. The van der Waals surface area contributed by atoms with Crippen LogP contribution in [-0.4, -0.2) is 22.7 Å². The number of rotatable bonds is 3. The Morgan fingerprint density at radius 1 is 1.28 bits per heavy atom. The number of carbonyl (C=O) groups excluding carboxylic acids is 1. The minimum Gasteiger partial charge on any atom is -0.478 e. The van der Waals surface area contributed by atoms with E-state index in [4.69, 9.17) is 11.6 Å². The summed E-state index contributed by atoms with van der Waals surface area (Å²) in [6.07, 6.45) is 1.78. The van der Waals surface area contributed by atoms with E-state index < -0.39 is 5.97 Å². The van der Waals surface area contributed by atoms with Gasteiger partial charge in [0, 0.05) is 3.57 Å². The molecule has 0 atom stereocenters. The van der Waals surface area contributed by atoms with Gasteiger partial charge in [0.25, 0.3) is 5.91 Å². The van der Waals surface area contributed by atoms with Gasteiger partial charge in [0.05, 0.1) is 27.6 Å². The average Bonchev–Trinajstić information content (AvgIpc) is 2.83. The minimum absolute atomic E-state index is 0.0742. The number of halogens is 2. The third kappa shape index (κ3) is 3.59. The van der Waals surface area contributed by atoms with Gasteiger partial charge in [-0.3, -0.25) is 4.79 Å². The van der Waals surface area contributed by atoms with Crippen LogP contribution in [0.5, 0.6) is 0 Å². The van der Waals surface area contributed by atoms with E-state index in [0.29, 0.717) is 17.0 Å². The van der Waals surface area contributed by atoms with Crippen molar-refractivity contribution in [3.63, 3.8) is 0 Å². The summed E-state index contributed by atoms with van der Waals surface area (Å²) in [6.45, 7) is 1.74. The van der Waals surface area contributed by atoms with Gasteiger partial charge in [0.1, 0.15) is 0 Å². The molecule has 0 aliphatic carbocycles. The van der Waals surface area contributed by atoms with E-state index in [-0.39, 0.29) is 16.5 Å². The molecule has 5 nitrogen and oxygen atoms in total. The van der Waals surface area contributed by atoms with E-state index in [1.54, 1.807) is 19.1 Å². The maximum absolute atomic E-state index is 12.7. The van der Waals surface area contributed by atoms with Crippen LogP contribution in [-0.2, 0) is 4.79 Å². The van der Waals surface area contributed by atoms with E-state index in [9.17, 15) is 14.7 Å². The molecule has 25 heavy (non-hydrogen) atoms. The highest BCUT2D eigenvalue weighted by Gasteiger charge is 2.29. The number of nitrogens with zero attached hydrogens (tertiary/aromatic N) is 2. The molecule has 126 valence electrons. The Balaban J connectivity index is 1.98. The molecule has 1 amide bonds. The van der Waals surface area contributed by atoms with Gasteiger partial charge in [-0.15, -0.1) is 0 Å². The summed E-state index contributed by atoms with van der Waals surface area (Å²) >= 11 is 8.09. The van der Waals surface area contributed by atoms with Crippen LogP contribution in [0.3, 0.4) is 0 Å². The highest BCUT2D eigenvalue weighted by Crippen LogP contribution is 2.28. The Labute approximate surface area is 162 Å². The first-order valence-corrected chi connectivity index (χ1v) is 8.72. The zero-order valence-corrected chi connectivity index (χ0v) is 15.9. The molecule has 0 saturated heterocycles. The van der Waals surface area contributed by atoms with Crippen molar-refractivity contribution >= 4 is 63.5 Å². The van der Waals surface area contributed by atoms with Gasteiger partial charge >= 0.3 is 5.97 Å². The van der Waals surface area contributed by atoms with Gasteiger partial charge in [0.15, 0.2) is 0 Å². The molecule has 1 aliphatic heterocycles. The molecule has 2 aromatic rings. The zero-order chi connectivity index (χ0) is 18.1. The van der Waals surface area contributed by atoms with Crippen LogP contribution >= 0.6 is 34.2 Å². The molecule has 3 rings (SSSR count). The molecule has 2 aromatic carbocycles. The Hall–Kier alpha value is -2.19. The molecular formula is C18H12ClIN2O3. The lowest BCUT2D eigenvalue weighted by atomic mass is 10.1. The molecular weight excluding hydrogens is 455 g/mol. The van der Waals surface area contributed by atoms with E-state index in [1.165, 1.54) is 17.1 Å². The van der Waals surface area contributed by atoms with Gasteiger partial charge in [-0.25, -0.2) is 4.79 Å². The zero-order valence-electron chi connectivity index (χ0n) is 13.0. The Bertz CT molecular complexity index is 953. The van der Waals surface area contributed by atoms with E-state index in [1.807, 2.05) is 24.3 Å². The SMILES string of the molecule is CC1=NN(c2ccc(Cl)c(C(=O)O)c2)C(=O)/C1=C\c1cccc(I)c1. The number of amides is 1. The third-order valence-electron chi connectivity index (χ3n) is 3.65. The predicted octanol–water partition coefficient (Wildman–Crippen LogP) is 4.45. The molecule has 0 aromatic heterocycles. The number of aromatic carboxylic acids is 1. The van der Waals surface area contributed by atoms with Crippen molar-refractivity contribution in [3.05, 3.63) is 67.8 Å². The largest absolute Gasteiger partial charge is 0.478 e.